The molecule has 0 spiro atoms. The summed E-state index contributed by atoms with van der Waals surface area (Å²) in [6, 6.07) is 0. The summed E-state index contributed by atoms with van der Waals surface area (Å²) in [5.74, 6) is -0.928. The van der Waals surface area contributed by atoms with Crippen LogP contribution in [0.5, 0.6) is 0 Å². The van der Waals surface area contributed by atoms with Crippen LogP contribution in [0.4, 0.5) is 0 Å². The van der Waals surface area contributed by atoms with Crippen molar-refractivity contribution >= 4 is 20.0 Å². The van der Waals surface area contributed by atoms with Crippen LogP contribution in [0.25, 0.3) is 0 Å². The van der Waals surface area contributed by atoms with Crippen molar-refractivity contribution in [1.82, 2.24) is 9.92 Å². The number of ether oxygens (including phenoxy) is 2. The molecule has 0 saturated carbocycles. The van der Waals surface area contributed by atoms with Gasteiger partial charge in [-0.2, -0.15) is 0 Å². The highest BCUT2D eigenvalue weighted by atomic mass is 31.1. The fourth-order valence-corrected chi connectivity index (χ4v) is 7.08. The topological polar surface area (TPSA) is 114 Å². The summed E-state index contributed by atoms with van der Waals surface area (Å²) in [6.07, 6.45) is 30.4. The van der Waals surface area contributed by atoms with E-state index in [1.165, 1.54) is 127 Å². The van der Waals surface area contributed by atoms with Crippen molar-refractivity contribution in [3.8, 4) is 0 Å². The average molecular weight is 702 g/mol. The lowest BCUT2D eigenvalue weighted by Gasteiger charge is -2.21. The van der Waals surface area contributed by atoms with Crippen LogP contribution in [0.3, 0.4) is 0 Å². The summed E-state index contributed by atoms with van der Waals surface area (Å²) in [5.41, 5.74) is 0. The van der Waals surface area contributed by atoms with Crippen LogP contribution in [-0.2, 0) is 28.5 Å². The normalized spacial score (nSPS) is 15.8. The van der Waals surface area contributed by atoms with Gasteiger partial charge in [-0.05, 0) is 23.8 Å². The zero-order chi connectivity index (χ0) is 34.9. The number of nitrogens with one attached hydrogen (secondary N) is 1. The first-order chi connectivity index (χ1) is 23.5. The van der Waals surface area contributed by atoms with Gasteiger partial charge < -0.3 is 14.6 Å². The number of hydroxylamine groups is 1. The maximum atomic E-state index is 12.9. The number of esters is 2. The van der Waals surface area contributed by atoms with Gasteiger partial charge in [0, 0.05) is 17.8 Å². The minimum atomic E-state index is -1.90. The zero-order valence-electron chi connectivity index (χ0n) is 31.1. The van der Waals surface area contributed by atoms with Crippen LogP contribution >= 0.6 is 8.10 Å². The van der Waals surface area contributed by atoms with E-state index in [4.69, 9.17) is 14.3 Å². The fraction of sp³-hybridized carbons (Fsp3) is 0.947. The molecule has 1 heterocycles. The van der Waals surface area contributed by atoms with E-state index in [-0.39, 0.29) is 19.2 Å². The second-order valence-corrected chi connectivity index (χ2v) is 15.1. The van der Waals surface area contributed by atoms with Crippen LogP contribution in [0.15, 0.2) is 0 Å². The second kappa shape index (κ2) is 33.0. The number of aliphatic hydroxyl groups is 1. The summed E-state index contributed by atoms with van der Waals surface area (Å²) < 4.78 is 22.9. The Labute approximate surface area is 295 Å². The Morgan fingerprint density at radius 1 is 0.667 bits per heavy atom. The predicted molar refractivity (Wildman–Crippen MR) is 196 cm³/mol. The van der Waals surface area contributed by atoms with Crippen LogP contribution in [0.1, 0.15) is 194 Å². The molecule has 0 aliphatic carbocycles. The first kappa shape index (κ1) is 44.9. The highest BCUT2D eigenvalue weighted by molar-refractivity contribution is 7.39. The number of unbranched alkanes of at least 4 members (excludes halogenated alkanes) is 23. The Bertz CT molecular complexity index is 788. The molecule has 1 aliphatic heterocycles. The lowest BCUT2D eigenvalue weighted by Crippen LogP contribution is -2.38. The Balaban J connectivity index is 2.19. The molecule has 3 atom stereocenters. The van der Waals surface area contributed by atoms with E-state index in [9.17, 15) is 19.3 Å². The van der Waals surface area contributed by atoms with E-state index in [1.54, 1.807) is 0 Å². The number of carbonyl (C=O) groups is 2. The standard InChI is InChI=1S/C38H74N2O7P/c1-3-5-7-9-11-13-15-17-19-21-23-25-27-30-37(42)45-33-35(41)34-46-38(43)36(47-40-32-28-31-39-48(40)44)29-26-24-22-20-18-16-14-12-10-8-6-4-2/h35-36,41H,3-34H2,1-2H3,(H,39,44)/q+1. The van der Waals surface area contributed by atoms with Crippen LogP contribution < -0.4 is 5.09 Å². The molecular formula is C38H74N2O7P+. The van der Waals surface area contributed by atoms with Crippen molar-refractivity contribution in [2.45, 2.75) is 206 Å². The van der Waals surface area contributed by atoms with Crippen molar-refractivity contribution in [2.75, 3.05) is 26.3 Å². The van der Waals surface area contributed by atoms with Crippen molar-refractivity contribution < 1.29 is 33.6 Å². The van der Waals surface area contributed by atoms with E-state index in [2.05, 4.69) is 18.9 Å². The summed E-state index contributed by atoms with van der Waals surface area (Å²) in [6.45, 7) is 5.13. The van der Waals surface area contributed by atoms with Crippen LogP contribution in [0, 0.1) is 0 Å². The molecule has 9 nitrogen and oxygen atoms in total. The first-order valence-electron chi connectivity index (χ1n) is 20.1. The summed E-state index contributed by atoms with van der Waals surface area (Å²) in [7, 11) is -1.90. The number of hydrogen-bond donors (Lipinski definition) is 2. The third-order valence-electron chi connectivity index (χ3n) is 9.15. The van der Waals surface area contributed by atoms with E-state index in [0.717, 1.165) is 44.9 Å². The molecule has 10 heteroatoms. The maximum absolute atomic E-state index is 12.9. The van der Waals surface area contributed by atoms with Crippen LogP contribution in [0.2, 0.25) is 0 Å². The largest absolute Gasteiger partial charge is 0.560 e. The van der Waals surface area contributed by atoms with Gasteiger partial charge in [-0.15, -0.1) is 0 Å². The molecule has 0 radical (unpaired) electrons. The molecule has 1 aliphatic rings. The molecule has 0 amide bonds. The van der Waals surface area contributed by atoms with E-state index >= 15 is 0 Å². The predicted octanol–water partition coefficient (Wildman–Crippen LogP) is 10.3. The van der Waals surface area contributed by atoms with E-state index in [0.29, 0.717) is 25.9 Å². The van der Waals surface area contributed by atoms with Gasteiger partial charge >= 0.3 is 20.0 Å². The molecule has 0 bridgehead atoms. The molecule has 0 aromatic rings. The second-order valence-electron chi connectivity index (χ2n) is 13.8. The average Bonchev–Trinajstić information content (AvgIpc) is 3.09. The van der Waals surface area contributed by atoms with E-state index < -0.39 is 26.3 Å². The van der Waals surface area contributed by atoms with Crippen LogP contribution in [-0.4, -0.2) is 60.4 Å². The Hall–Kier alpha value is -1.12. The zero-order valence-corrected chi connectivity index (χ0v) is 32.0. The minimum absolute atomic E-state index is 0.212. The third kappa shape index (κ3) is 26.7. The molecule has 1 rings (SSSR count). The lowest BCUT2D eigenvalue weighted by atomic mass is 10.0. The first-order valence-corrected chi connectivity index (χ1v) is 21.3. The molecule has 3 unspecified atom stereocenters. The molecular weight excluding hydrogens is 627 g/mol. The molecule has 48 heavy (non-hydrogen) atoms. The number of hydrogen-bond acceptors (Lipinski definition) is 7. The summed E-state index contributed by atoms with van der Waals surface area (Å²) in [4.78, 5) is 32.3. The SMILES string of the molecule is CCCCCCCCCCCCCCCC(=O)OCC(O)COC(=O)C(CCCCCCCCCCCCCC)ON1CCCN[P+]1=O. The Morgan fingerprint density at radius 3 is 1.58 bits per heavy atom. The van der Waals surface area contributed by atoms with E-state index in [1.807, 2.05) is 0 Å². The van der Waals surface area contributed by atoms with Gasteiger partial charge in [-0.25, -0.2) is 9.63 Å². The quantitative estimate of drug-likeness (QED) is 0.0384. The molecule has 282 valence electrons. The van der Waals surface area contributed by atoms with Crippen molar-refractivity contribution in [3.05, 3.63) is 0 Å². The van der Waals surface area contributed by atoms with Crippen molar-refractivity contribution in [2.24, 2.45) is 0 Å². The lowest BCUT2D eigenvalue weighted by molar-refractivity contribution is -0.187. The molecule has 2 N–H and O–H groups in total. The molecule has 1 saturated heterocycles. The molecule has 0 aromatic heterocycles. The highest BCUT2D eigenvalue weighted by Gasteiger charge is 2.37. The van der Waals surface area contributed by atoms with Gasteiger partial charge in [0.15, 0.2) is 6.10 Å². The Kier molecular flexibility index (Phi) is 30.9. The van der Waals surface area contributed by atoms with Gasteiger partial charge in [0.05, 0.1) is 6.54 Å². The number of nitrogens with zero attached hydrogens (tertiary/aromatic N) is 1. The summed E-state index contributed by atoms with van der Waals surface area (Å²) >= 11 is 0. The number of aliphatic hydroxyl groups excluding tert-OH is 1. The Morgan fingerprint density at radius 2 is 1.10 bits per heavy atom. The number of carbonyl (C=O) groups excluding carboxylic acids is 2. The monoisotopic (exact) mass is 702 g/mol. The van der Waals surface area contributed by atoms with Crippen molar-refractivity contribution in [1.29, 1.82) is 0 Å². The summed E-state index contributed by atoms with van der Waals surface area (Å²) in [5, 5.41) is 13.2. The molecule has 0 aromatic carbocycles. The third-order valence-corrected chi connectivity index (χ3v) is 10.3. The molecule has 1 fully saturated rings. The van der Waals surface area contributed by atoms with Crippen molar-refractivity contribution in [3.63, 3.8) is 0 Å². The van der Waals surface area contributed by atoms with Gasteiger partial charge in [0.2, 0.25) is 0 Å². The van der Waals surface area contributed by atoms with Gasteiger partial charge in [0.1, 0.15) is 19.3 Å². The fourth-order valence-electron chi connectivity index (χ4n) is 6.05. The highest BCUT2D eigenvalue weighted by Crippen LogP contribution is 2.28. The van der Waals surface area contributed by atoms with Gasteiger partial charge in [-0.1, -0.05) is 173 Å². The minimum Gasteiger partial charge on any atom is -0.463 e. The maximum Gasteiger partial charge on any atom is 0.560 e. The number of rotatable bonds is 34. The van der Waals surface area contributed by atoms with Gasteiger partial charge in [0.25, 0.3) is 0 Å². The smallest absolute Gasteiger partial charge is 0.463 e. The van der Waals surface area contributed by atoms with Gasteiger partial charge in [-0.3, -0.25) is 4.79 Å².